The van der Waals surface area contributed by atoms with Gasteiger partial charge in [-0.2, -0.15) is 0 Å². The number of carbonyl (C=O) groups is 1. The summed E-state index contributed by atoms with van der Waals surface area (Å²) in [7, 11) is 0. The second kappa shape index (κ2) is 7.23. The molecule has 1 heterocycles. The van der Waals surface area contributed by atoms with E-state index in [0.717, 1.165) is 9.75 Å². The second-order valence-electron chi connectivity index (χ2n) is 3.33. The van der Waals surface area contributed by atoms with Crippen LogP contribution in [0.5, 0.6) is 0 Å². The molecule has 0 saturated heterocycles. The molecule has 0 amide bonds. The summed E-state index contributed by atoms with van der Waals surface area (Å²) >= 11 is 1.46. The molecule has 0 aliphatic rings. The molecule has 2 nitrogen and oxygen atoms in total. The lowest BCUT2D eigenvalue weighted by Gasteiger charge is -2.11. The monoisotopic (exact) mass is 256 g/mol. The van der Waals surface area contributed by atoms with Gasteiger partial charge in [0.05, 0.1) is 11.3 Å². The van der Waals surface area contributed by atoms with Crippen LogP contribution in [0.4, 0.5) is 0 Å². The fourth-order valence-corrected chi connectivity index (χ4v) is 2.15. The summed E-state index contributed by atoms with van der Waals surface area (Å²) in [4.78, 5) is 12.8. The minimum absolute atomic E-state index is 0.340. The summed E-state index contributed by atoms with van der Waals surface area (Å²) in [6.07, 6.45) is 5.24. The van der Waals surface area contributed by atoms with Crippen molar-refractivity contribution in [2.45, 2.75) is 26.4 Å². The minimum atomic E-state index is -0.384. The van der Waals surface area contributed by atoms with Crippen molar-refractivity contribution >= 4 is 17.3 Å². The third-order valence-corrected chi connectivity index (χ3v) is 3.02. The third kappa shape index (κ3) is 4.38. The average molecular weight is 256 g/mol. The van der Waals surface area contributed by atoms with E-state index in [1.54, 1.807) is 6.92 Å². The van der Waals surface area contributed by atoms with Gasteiger partial charge in [-0.3, -0.25) is 4.79 Å². The van der Waals surface area contributed by atoms with Gasteiger partial charge < -0.3 is 4.74 Å². The van der Waals surface area contributed by atoms with Gasteiger partial charge in [-0.1, -0.05) is 5.92 Å². The number of esters is 1. The lowest BCUT2D eigenvalue weighted by molar-refractivity contribution is -0.146. The molecule has 1 aromatic rings. The molecule has 0 aliphatic carbocycles. The van der Waals surface area contributed by atoms with E-state index in [1.807, 2.05) is 12.1 Å². The van der Waals surface area contributed by atoms with Crippen LogP contribution in [0.1, 0.15) is 36.1 Å². The van der Waals surface area contributed by atoms with Crippen LogP contribution in [0.15, 0.2) is 12.1 Å². The van der Waals surface area contributed by atoms with Gasteiger partial charge in [-0.25, -0.2) is 0 Å². The maximum Gasteiger partial charge on any atom is 0.303 e. The van der Waals surface area contributed by atoms with Gasteiger partial charge in [0, 0.05) is 11.8 Å². The zero-order valence-corrected chi connectivity index (χ0v) is 11.1. The first-order chi connectivity index (χ1) is 8.67. The summed E-state index contributed by atoms with van der Waals surface area (Å²) in [6, 6.07) is 3.75. The fraction of sp³-hybridized carbons (Fsp3) is 0.267. The van der Waals surface area contributed by atoms with Crippen LogP contribution < -0.4 is 0 Å². The Hall–Kier alpha value is -2.15. The quantitative estimate of drug-likeness (QED) is 0.614. The van der Waals surface area contributed by atoms with E-state index in [9.17, 15) is 4.79 Å². The largest absolute Gasteiger partial charge is 0.456 e. The zero-order valence-electron chi connectivity index (χ0n) is 10.2. The fourth-order valence-electron chi connectivity index (χ4n) is 1.26. The van der Waals surface area contributed by atoms with Crippen LogP contribution in [0.2, 0.25) is 0 Å². The Balaban J connectivity index is 2.87. The lowest BCUT2D eigenvalue weighted by Crippen LogP contribution is -2.06. The van der Waals surface area contributed by atoms with Crippen LogP contribution in [-0.2, 0) is 9.53 Å². The van der Waals surface area contributed by atoms with Gasteiger partial charge in [-0.15, -0.1) is 23.7 Å². The molecule has 0 N–H and O–H groups in total. The van der Waals surface area contributed by atoms with E-state index in [2.05, 4.69) is 29.6 Å². The highest BCUT2D eigenvalue weighted by Crippen LogP contribution is 2.28. The van der Waals surface area contributed by atoms with Gasteiger partial charge in [0.25, 0.3) is 0 Å². The van der Waals surface area contributed by atoms with Crippen LogP contribution in [-0.4, -0.2) is 5.97 Å². The second-order valence-corrected chi connectivity index (χ2v) is 4.45. The van der Waals surface area contributed by atoms with Crippen molar-refractivity contribution < 1.29 is 9.53 Å². The molecule has 1 unspecified atom stereocenters. The number of hydrogen-bond acceptors (Lipinski definition) is 3. The smallest absolute Gasteiger partial charge is 0.303 e. The molecule has 0 radical (unpaired) electrons. The Morgan fingerprint density at radius 3 is 2.89 bits per heavy atom. The van der Waals surface area contributed by atoms with E-state index < -0.39 is 0 Å². The molecule has 0 fully saturated rings. The highest BCUT2D eigenvalue weighted by molar-refractivity contribution is 7.12. The SMILES string of the molecule is C#CCC(OC(C)=O)c1ccc(C#CC#CC)s1. The van der Waals surface area contributed by atoms with E-state index in [1.165, 1.54) is 18.3 Å². The Bertz CT molecular complexity index is 582. The van der Waals surface area contributed by atoms with Crippen molar-refractivity contribution in [2.75, 3.05) is 0 Å². The van der Waals surface area contributed by atoms with E-state index in [4.69, 9.17) is 11.2 Å². The van der Waals surface area contributed by atoms with Crippen molar-refractivity contribution in [3.63, 3.8) is 0 Å². The van der Waals surface area contributed by atoms with Gasteiger partial charge in [0.15, 0.2) is 0 Å². The molecule has 0 spiro atoms. The highest BCUT2D eigenvalue weighted by Gasteiger charge is 2.15. The maximum atomic E-state index is 11.0. The summed E-state index contributed by atoms with van der Waals surface area (Å²) in [5.74, 6) is 13.2. The maximum absolute atomic E-state index is 11.0. The van der Waals surface area contributed by atoms with E-state index >= 15 is 0 Å². The molecule has 0 aromatic carbocycles. The number of ether oxygens (including phenoxy) is 1. The van der Waals surface area contributed by atoms with E-state index in [0.29, 0.717) is 6.42 Å². The van der Waals surface area contributed by atoms with Crippen LogP contribution >= 0.6 is 11.3 Å². The Kier molecular flexibility index (Phi) is 5.59. The Morgan fingerprint density at radius 1 is 1.50 bits per heavy atom. The molecular weight excluding hydrogens is 244 g/mol. The van der Waals surface area contributed by atoms with Gasteiger partial charge in [0.1, 0.15) is 6.10 Å². The minimum Gasteiger partial charge on any atom is -0.456 e. The first-order valence-corrected chi connectivity index (χ1v) is 6.12. The van der Waals surface area contributed by atoms with Gasteiger partial charge in [-0.05, 0) is 36.8 Å². The third-order valence-electron chi connectivity index (χ3n) is 1.93. The van der Waals surface area contributed by atoms with Crippen LogP contribution in [0.3, 0.4) is 0 Å². The van der Waals surface area contributed by atoms with Crippen molar-refractivity contribution in [3.8, 4) is 36.0 Å². The first kappa shape index (κ1) is 13.9. The molecule has 1 aromatic heterocycles. The molecule has 18 heavy (non-hydrogen) atoms. The topological polar surface area (TPSA) is 26.3 Å². The molecule has 90 valence electrons. The number of hydrogen-bond donors (Lipinski definition) is 0. The van der Waals surface area contributed by atoms with Gasteiger partial charge in [0.2, 0.25) is 0 Å². The van der Waals surface area contributed by atoms with Crippen molar-refractivity contribution in [3.05, 3.63) is 21.9 Å². The van der Waals surface area contributed by atoms with Gasteiger partial charge >= 0.3 is 5.97 Å². The van der Waals surface area contributed by atoms with E-state index in [-0.39, 0.29) is 12.1 Å². The predicted octanol–water partition coefficient (Wildman–Crippen LogP) is 2.75. The van der Waals surface area contributed by atoms with Crippen molar-refractivity contribution in [1.29, 1.82) is 0 Å². The number of thiophene rings is 1. The highest BCUT2D eigenvalue weighted by atomic mass is 32.1. The Morgan fingerprint density at radius 2 is 2.28 bits per heavy atom. The molecule has 0 aliphatic heterocycles. The molecular formula is C15H12O2S. The van der Waals surface area contributed by atoms with Crippen molar-refractivity contribution in [1.82, 2.24) is 0 Å². The van der Waals surface area contributed by atoms with Crippen LogP contribution in [0, 0.1) is 36.0 Å². The number of rotatable bonds is 3. The zero-order chi connectivity index (χ0) is 13.4. The van der Waals surface area contributed by atoms with Crippen LogP contribution in [0.25, 0.3) is 0 Å². The standard InChI is InChI=1S/C15H12O2S/c1-4-6-7-9-13-10-11-15(18-13)14(8-5-2)17-12(3)16/h2,10-11,14H,8H2,1,3H3. The molecule has 0 saturated carbocycles. The predicted molar refractivity (Wildman–Crippen MR) is 72.6 cm³/mol. The number of carbonyl (C=O) groups excluding carboxylic acids is 1. The molecule has 3 heteroatoms. The van der Waals surface area contributed by atoms with Crippen molar-refractivity contribution in [2.24, 2.45) is 0 Å². The Labute approximate surface area is 111 Å². The normalized spacial score (nSPS) is 10.1. The molecule has 1 rings (SSSR count). The summed E-state index contributed by atoms with van der Waals surface area (Å²) in [5, 5.41) is 0. The summed E-state index contributed by atoms with van der Waals surface area (Å²) in [6.45, 7) is 3.10. The molecule has 0 bridgehead atoms. The molecule has 1 atom stereocenters. The lowest BCUT2D eigenvalue weighted by atomic mass is 10.2. The summed E-state index contributed by atoms with van der Waals surface area (Å²) < 4.78 is 5.17. The summed E-state index contributed by atoms with van der Waals surface area (Å²) in [5.41, 5.74) is 0. The average Bonchev–Trinajstić information content (AvgIpc) is 2.77. The first-order valence-electron chi connectivity index (χ1n) is 5.30. The number of terminal acetylenes is 1.